The lowest BCUT2D eigenvalue weighted by Crippen LogP contribution is -2.21. The SMILES string of the molecule is CCCNCc1ccc(-c2cn(C3CCC(O)CC3)c3nc(N[C@H](C)CC4CC4)ncc23)cc1. The van der Waals surface area contributed by atoms with Crippen LogP contribution < -0.4 is 10.6 Å². The van der Waals surface area contributed by atoms with Gasteiger partial charge < -0.3 is 20.3 Å². The third-order valence-electron chi connectivity index (χ3n) is 7.41. The molecule has 0 amide bonds. The van der Waals surface area contributed by atoms with Gasteiger partial charge in [-0.15, -0.1) is 0 Å². The van der Waals surface area contributed by atoms with Gasteiger partial charge in [0, 0.05) is 42.0 Å². The normalized spacial score (nSPS) is 21.6. The number of benzene rings is 1. The molecule has 6 nitrogen and oxygen atoms in total. The Morgan fingerprint density at radius 3 is 2.56 bits per heavy atom. The Morgan fingerprint density at radius 2 is 1.85 bits per heavy atom. The van der Waals surface area contributed by atoms with Gasteiger partial charge in [-0.05, 0) is 69.0 Å². The number of rotatable bonds is 10. The molecule has 34 heavy (non-hydrogen) atoms. The monoisotopic (exact) mass is 461 g/mol. The summed E-state index contributed by atoms with van der Waals surface area (Å²) in [5.74, 6) is 1.59. The van der Waals surface area contributed by atoms with Crippen LogP contribution in [0.5, 0.6) is 0 Å². The zero-order valence-corrected chi connectivity index (χ0v) is 20.6. The molecule has 0 saturated heterocycles. The molecule has 1 atom stereocenters. The number of hydrogen-bond acceptors (Lipinski definition) is 5. The summed E-state index contributed by atoms with van der Waals surface area (Å²) in [5.41, 5.74) is 4.69. The van der Waals surface area contributed by atoms with Crippen molar-refractivity contribution in [2.75, 3.05) is 11.9 Å². The molecule has 2 aliphatic rings. The molecule has 0 bridgehead atoms. The van der Waals surface area contributed by atoms with Gasteiger partial charge in [0.1, 0.15) is 5.65 Å². The lowest BCUT2D eigenvalue weighted by atomic mass is 9.93. The van der Waals surface area contributed by atoms with Crippen molar-refractivity contribution in [3.63, 3.8) is 0 Å². The van der Waals surface area contributed by atoms with Crippen molar-refractivity contribution in [3.05, 3.63) is 42.2 Å². The van der Waals surface area contributed by atoms with Crippen molar-refractivity contribution in [2.45, 2.75) is 89.9 Å². The van der Waals surface area contributed by atoms with Crippen molar-refractivity contribution in [1.29, 1.82) is 0 Å². The molecule has 0 spiro atoms. The van der Waals surface area contributed by atoms with Gasteiger partial charge >= 0.3 is 0 Å². The van der Waals surface area contributed by atoms with E-state index < -0.39 is 0 Å². The van der Waals surface area contributed by atoms with Gasteiger partial charge in [0.05, 0.1) is 6.10 Å². The van der Waals surface area contributed by atoms with E-state index in [1.807, 2.05) is 6.20 Å². The fourth-order valence-electron chi connectivity index (χ4n) is 5.29. The van der Waals surface area contributed by atoms with E-state index in [0.29, 0.717) is 12.1 Å². The van der Waals surface area contributed by atoms with E-state index in [1.54, 1.807) is 0 Å². The van der Waals surface area contributed by atoms with Crippen molar-refractivity contribution < 1.29 is 5.11 Å². The van der Waals surface area contributed by atoms with Crippen LogP contribution in [-0.2, 0) is 6.54 Å². The number of nitrogens with one attached hydrogen (secondary N) is 2. The Kier molecular flexibility index (Phi) is 7.16. The van der Waals surface area contributed by atoms with Crippen LogP contribution in [0.15, 0.2) is 36.7 Å². The summed E-state index contributed by atoms with van der Waals surface area (Å²) in [5, 5.41) is 18.2. The third-order valence-corrected chi connectivity index (χ3v) is 7.41. The lowest BCUT2D eigenvalue weighted by molar-refractivity contribution is 0.111. The highest BCUT2D eigenvalue weighted by molar-refractivity contribution is 5.94. The quantitative estimate of drug-likeness (QED) is 0.339. The number of aromatic nitrogens is 3. The van der Waals surface area contributed by atoms with Crippen LogP contribution in [0.1, 0.15) is 76.8 Å². The fourth-order valence-corrected chi connectivity index (χ4v) is 5.29. The zero-order valence-electron chi connectivity index (χ0n) is 20.6. The second-order valence-corrected chi connectivity index (χ2v) is 10.4. The first kappa shape index (κ1) is 23.3. The zero-order chi connectivity index (χ0) is 23.5. The van der Waals surface area contributed by atoms with E-state index in [0.717, 1.165) is 68.1 Å². The Morgan fingerprint density at radius 1 is 1.09 bits per heavy atom. The summed E-state index contributed by atoms with van der Waals surface area (Å²) in [6, 6.07) is 9.62. The summed E-state index contributed by atoms with van der Waals surface area (Å²) >= 11 is 0. The molecule has 0 unspecified atom stereocenters. The first-order valence-corrected chi connectivity index (χ1v) is 13.2. The van der Waals surface area contributed by atoms with E-state index in [1.165, 1.54) is 36.0 Å². The van der Waals surface area contributed by atoms with Gasteiger partial charge in [-0.2, -0.15) is 4.98 Å². The number of anilines is 1. The molecule has 0 aliphatic heterocycles. The standard InChI is InChI=1S/C28H39N5O/c1-3-14-29-16-21-6-8-22(9-7-21)26-18-33(23-10-12-24(34)13-11-23)27-25(26)17-30-28(32-27)31-19(2)15-20-4-5-20/h6-9,17-20,23-24,29,34H,3-5,10-16H2,1-2H3,(H,30,31,32)/t19-,23?,24?/m1/s1. The highest BCUT2D eigenvalue weighted by atomic mass is 16.3. The summed E-state index contributed by atoms with van der Waals surface area (Å²) in [6.07, 6.45) is 12.8. The number of aliphatic hydroxyl groups excluding tert-OH is 1. The summed E-state index contributed by atoms with van der Waals surface area (Å²) in [7, 11) is 0. The molecule has 2 aliphatic carbocycles. The van der Waals surface area contributed by atoms with E-state index in [-0.39, 0.29) is 6.10 Å². The number of fused-ring (bicyclic) bond motifs is 1. The van der Waals surface area contributed by atoms with Gasteiger partial charge in [-0.25, -0.2) is 4.98 Å². The first-order chi connectivity index (χ1) is 16.6. The molecule has 5 rings (SSSR count). The molecule has 182 valence electrons. The van der Waals surface area contributed by atoms with Crippen LogP contribution >= 0.6 is 0 Å². The molecule has 0 radical (unpaired) electrons. The number of aliphatic hydroxyl groups is 1. The molecule has 3 N–H and O–H groups in total. The predicted octanol–water partition coefficient (Wildman–Crippen LogP) is 5.67. The van der Waals surface area contributed by atoms with E-state index in [2.05, 4.69) is 59.5 Å². The molecule has 6 heteroatoms. The van der Waals surface area contributed by atoms with Crippen LogP contribution in [0.4, 0.5) is 5.95 Å². The molecule has 3 aromatic rings. The van der Waals surface area contributed by atoms with E-state index in [4.69, 9.17) is 9.97 Å². The summed E-state index contributed by atoms with van der Waals surface area (Å²) in [4.78, 5) is 9.73. The minimum atomic E-state index is -0.165. The second kappa shape index (κ2) is 10.4. The average molecular weight is 462 g/mol. The van der Waals surface area contributed by atoms with Gasteiger partial charge in [-0.1, -0.05) is 44.0 Å². The molecule has 1 aromatic carbocycles. The van der Waals surface area contributed by atoms with Gasteiger partial charge in [-0.3, -0.25) is 0 Å². The minimum Gasteiger partial charge on any atom is -0.393 e. The predicted molar refractivity (Wildman–Crippen MR) is 139 cm³/mol. The maximum atomic E-state index is 10.0. The lowest BCUT2D eigenvalue weighted by Gasteiger charge is -2.27. The maximum Gasteiger partial charge on any atom is 0.224 e. The molecular formula is C28H39N5O. The number of nitrogens with zero attached hydrogens (tertiary/aromatic N) is 3. The van der Waals surface area contributed by atoms with Crippen molar-refractivity contribution >= 4 is 17.0 Å². The summed E-state index contributed by atoms with van der Waals surface area (Å²) < 4.78 is 2.35. The minimum absolute atomic E-state index is 0.165. The number of hydrogen-bond donors (Lipinski definition) is 3. The summed E-state index contributed by atoms with van der Waals surface area (Å²) in [6.45, 7) is 6.36. The maximum absolute atomic E-state index is 10.0. The van der Waals surface area contributed by atoms with E-state index >= 15 is 0 Å². The van der Waals surface area contributed by atoms with Crippen molar-refractivity contribution in [3.8, 4) is 11.1 Å². The highest BCUT2D eigenvalue weighted by Gasteiger charge is 2.26. The molecule has 2 saturated carbocycles. The third kappa shape index (κ3) is 5.44. The second-order valence-electron chi connectivity index (χ2n) is 10.4. The van der Waals surface area contributed by atoms with Gasteiger partial charge in [0.2, 0.25) is 5.95 Å². The largest absolute Gasteiger partial charge is 0.393 e. The topological polar surface area (TPSA) is 75.0 Å². The molecule has 2 aromatic heterocycles. The van der Waals surface area contributed by atoms with Gasteiger partial charge in [0.15, 0.2) is 0 Å². The Labute approximate surface area is 203 Å². The van der Waals surface area contributed by atoms with Gasteiger partial charge in [0.25, 0.3) is 0 Å². The fraction of sp³-hybridized carbons (Fsp3) is 0.571. The van der Waals surface area contributed by atoms with E-state index in [9.17, 15) is 5.11 Å². The smallest absolute Gasteiger partial charge is 0.224 e. The Balaban J connectivity index is 1.45. The Bertz CT molecular complexity index is 1080. The van der Waals surface area contributed by atoms with Crippen molar-refractivity contribution in [1.82, 2.24) is 19.9 Å². The van der Waals surface area contributed by atoms with Crippen LogP contribution in [0, 0.1) is 5.92 Å². The highest BCUT2D eigenvalue weighted by Crippen LogP contribution is 2.37. The van der Waals surface area contributed by atoms with Crippen LogP contribution in [0.25, 0.3) is 22.2 Å². The molecule has 2 heterocycles. The van der Waals surface area contributed by atoms with Crippen LogP contribution in [0.2, 0.25) is 0 Å². The van der Waals surface area contributed by atoms with Crippen molar-refractivity contribution in [2.24, 2.45) is 5.92 Å². The van der Waals surface area contributed by atoms with Crippen LogP contribution in [-0.4, -0.2) is 38.3 Å². The molecular weight excluding hydrogens is 422 g/mol. The first-order valence-electron chi connectivity index (χ1n) is 13.2. The Hall–Kier alpha value is -2.44. The van der Waals surface area contributed by atoms with Crippen LogP contribution in [0.3, 0.4) is 0 Å². The molecule has 2 fully saturated rings. The average Bonchev–Trinajstić information content (AvgIpc) is 3.58.